The van der Waals surface area contributed by atoms with E-state index in [-0.39, 0.29) is 11.8 Å². The van der Waals surface area contributed by atoms with E-state index in [1.807, 2.05) is 45.3 Å². The fourth-order valence-corrected chi connectivity index (χ4v) is 13.7. The highest BCUT2D eigenvalue weighted by atomic mass is 32.1. The summed E-state index contributed by atoms with van der Waals surface area (Å²) in [6.07, 6.45) is 4.17. The highest BCUT2D eigenvalue weighted by Gasteiger charge is 2.40. The number of carbonyl (C=O) groups is 2. The van der Waals surface area contributed by atoms with Gasteiger partial charge in [-0.05, 0) is 70.5 Å². The van der Waals surface area contributed by atoms with Crippen LogP contribution in [0.2, 0.25) is 0 Å². The molecule has 6 aromatic heterocycles. The normalized spacial score (nSPS) is 13.5. The number of carbonyl (C=O) groups excluding carboxylic acids is 2. The Morgan fingerprint density at radius 2 is 1.24 bits per heavy atom. The minimum absolute atomic E-state index is 0.108. The van der Waals surface area contributed by atoms with E-state index in [1.54, 1.807) is 11.3 Å². The maximum atomic E-state index is 13.6. The molecule has 9 heteroatoms. The van der Waals surface area contributed by atoms with E-state index in [4.69, 9.17) is 0 Å². The number of thiophene rings is 6. The number of amides is 2. The molecule has 0 fully saturated rings. The zero-order valence-corrected chi connectivity index (χ0v) is 30.6. The van der Waals surface area contributed by atoms with Gasteiger partial charge < -0.3 is 0 Å². The third-order valence-corrected chi connectivity index (χ3v) is 15.5. The number of imide groups is 1. The van der Waals surface area contributed by atoms with Crippen LogP contribution in [-0.2, 0) is 0 Å². The predicted octanol–water partition coefficient (Wildman–Crippen LogP) is 12.9. The number of hydrogen-bond acceptors (Lipinski definition) is 8. The monoisotopic (exact) mass is 701 g/mol. The van der Waals surface area contributed by atoms with Gasteiger partial charge in [0.15, 0.2) is 0 Å². The first-order valence-corrected chi connectivity index (χ1v) is 20.2. The number of unbranched alkanes of at least 4 members (excludes halogenated alkanes) is 3. The van der Waals surface area contributed by atoms with Gasteiger partial charge in [0.25, 0.3) is 11.8 Å². The molecule has 7 aromatic rings. The van der Waals surface area contributed by atoms with E-state index >= 15 is 0 Å². The minimum atomic E-state index is -0.110. The molecule has 1 aliphatic rings. The fraction of sp³-hybridized carbons (Fsp3) is 0.278. The molecule has 45 heavy (non-hydrogen) atoms. The predicted molar refractivity (Wildman–Crippen MR) is 201 cm³/mol. The number of aryl methyl sites for hydroxylation is 4. The van der Waals surface area contributed by atoms with Crippen molar-refractivity contribution in [1.82, 2.24) is 4.90 Å². The highest BCUT2D eigenvalue weighted by molar-refractivity contribution is 7.32. The first-order valence-electron chi connectivity index (χ1n) is 15.3. The van der Waals surface area contributed by atoms with E-state index < -0.39 is 0 Å². The van der Waals surface area contributed by atoms with Crippen molar-refractivity contribution in [2.45, 2.75) is 60.3 Å². The Balaban J connectivity index is 1.33. The molecule has 0 saturated heterocycles. The lowest BCUT2D eigenvalue weighted by molar-refractivity contribution is 0.0653. The Bertz CT molecular complexity index is 2310. The van der Waals surface area contributed by atoms with E-state index in [9.17, 15) is 9.59 Å². The zero-order valence-electron chi connectivity index (χ0n) is 25.7. The SMILES string of the molecule is CCCCCCN1C(=O)c2sc3c(-c4cc5c(s4)c(-c4ccc(C)s4)c(-c4ccc(C)s4)c4sc(C)cc45)sc(C)c3c2C1=O. The Kier molecular flexibility index (Phi) is 7.43. The molecule has 2 amide bonds. The van der Waals surface area contributed by atoms with Gasteiger partial charge in [-0.15, -0.1) is 68.0 Å². The van der Waals surface area contributed by atoms with Gasteiger partial charge in [-0.3, -0.25) is 14.5 Å². The number of fused-ring (bicyclic) bond motifs is 6. The summed E-state index contributed by atoms with van der Waals surface area (Å²) in [5.41, 5.74) is 3.32. The quantitative estimate of drug-likeness (QED) is 0.117. The van der Waals surface area contributed by atoms with Crippen LogP contribution in [0.15, 0.2) is 36.4 Å². The topological polar surface area (TPSA) is 37.4 Å². The Hall–Kier alpha value is -2.66. The molecule has 0 atom stereocenters. The third kappa shape index (κ3) is 4.65. The van der Waals surface area contributed by atoms with E-state index in [1.165, 1.54) is 81.7 Å². The summed E-state index contributed by atoms with van der Waals surface area (Å²) in [5, 5.41) is 3.60. The second-order valence-electron chi connectivity index (χ2n) is 11.8. The first kappa shape index (κ1) is 29.7. The number of rotatable bonds is 8. The van der Waals surface area contributed by atoms with Crippen molar-refractivity contribution in [3.8, 4) is 30.6 Å². The van der Waals surface area contributed by atoms with Crippen molar-refractivity contribution in [3.63, 3.8) is 0 Å². The van der Waals surface area contributed by atoms with Crippen molar-refractivity contribution in [1.29, 1.82) is 0 Å². The molecule has 228 valence electrons. The summed E-state index contributed by atoms with van der Waals surface area (Å²) in [6.45, 7) is 11.4. The van der Waals surface area contributed by atoms with Gasteiger partial charge in [0.1, 0.15) is 4.88 Å². The average Bonchev–Trinajstić information content (AvgIpc) is 3.85. The van der Waals surface area contributed by atoms with Crippen LogP contribution in [0.1, 0.15) is 72.1 Å². The minimum Gasteiger partial charge on any atom is -0.274 e. The smallest absolute Gasteiger partial charge is 0.271 e. The highest BCUT2D eigenvalue weighted by Crippen LogP contribution is 2.55. The second-order valence-corrected chi connectivity index (χ2v) is 19.0. The largest absolute Gasteiger partial charge is 0.274 e. The van der Waals surface area contributed by atoms with Crippen molar-refractivity contribution in [3.05, 3.63) is 66.3 Å². The summed E-state index contributed by atoms with van der Waals surface area (Å²) in [6, 6.07) is 13.8. The standard InChI is InChI=1S/C36H31NO2S6/c1-6-7-8-9-14-37-35(38)29-26-20(5)43-32(33(26)45-34(29)36(37)39)25-16-22-21-15-19(4)42-30(21)27(23-12-10-17(2)40-23)28(31(22)44-25)24-13-11-18(3)41-24/h10-13,15-16H,6-9,14H2,1-5H3. The van der Waals surface area contributed by atoms with Crippen LogP contribution >= 0.6 is 68.0 Å². The lowest BCUT2D eigenvalue weighted by Crippen LogP contribution is -2.30. The van der Waals surface area contributed by atoms with Crippen molar-refractivity contribution >= 4 is 110 Å². The number of benzene rings is 1. The summed E-state index contributed by atoms with van der Waals surface area (Å²) < 4.78 is 3.75. The zero-order chi connectivity index (χ0) is 31.1. The molecule has 0 radical (unpaired) electrons. The molecule has 0 saturated carbocycles. The van der Waals surface area contributed by atoms with Crippen molar-refractivity contribution < 1.29 is 9.59 Å². The number of nitrogens with zero attached hydrogens (tertiary/aromatic N) is 1. The van der Waals surface area contributed by atoms with Gasteiger partial charge in [0.2, 0.25) is 0 Å². The molecule has 8 rings (SSSR count). The lowest BCUT2D eigenvalue weighted by atomic mass is 9.99. The summed E-state index contributed by atoms with van der Waals surface area (Å²) >= 11 is 10.8. The van der Waals surface area contributed by atoms with Crippen molar-refractivity contribution in [2.75, 3.05) is 6.54 Å². The van der Waals surface area contributed by atoms with Gasteiger partial charge in [-0.1, -0.05) is 26.2 Å². The van der Waals surface area contributed by atoms with Crippen LogP contribution < -0.4 is 0 Å². The van der Waals surface area contributed by atoms with Crippen LogP contribution in [-0.4, -0.2) is 23.3 Å². The lowest BCUT2D eigenvalue weighted by Gasteiger charge is -2.13. The Morgan fingerprint density at radius 1 is 0.578 bits per heavy atom. The molecular formula is C36H31NO2S6. The summed E-state index contributed by atoms with van der Waals surface area (Å²) in [5.74, 6) is -0.218. The molecular weight excluding hydrogens is 671 g/mol. The maximum absolute atomic E-state index is 13.6. The van der Waals surface area contributed by atoms with Crippen LogP contribution in [0.25, 0.3) is 60.9 Å². The molecule has 0 N–H and O–H groups in total. The molecule has 7 heterocycles. The molecule has 3 nitrogen and oxygen atoms in total. The summed E-state index contributed by atoms with van der Waals surface area (Å²) in [4.78, 5) is 39.3. The second kappa shape index (κ2) is 11.2. The van der Waals surface area contributed by atoms with Gasteiger partial charge in [0, 0.05) is 77.4 Å². The van der Waals surface area contributed by atoms with Gasteiger partial charge in [0.05, 0.1) is 15.1 Å². The van der Waals surface area contributed by atoms with Crippen molar-refractivity contribution in [2.24, 2.45) is 0 Å². The van der Waals surface area contributed by atoms with Crippen LogP contribution in [0.5, 0.6) is 0 Å². The van der Waals surface area contributed by atoms with Gasteiger partial charge in [-0.25, -0.2) is 0 Å². The maximum Gasteiger partial charge on any atom is 0.271 e. The Labute approximate surface area is 286 Å². The molecule has 1 aliphatic heterocycles. The van der Waals surface area contributed by atoms with Gasteiger partial charge in [-0.2, -0.15) is 0 Å². The molecule has 0 bridgehead atoms. The first-order chi connectivity index (χ1) is 21.7. The number of hydrogen-bond donors (Lipinski definition) is 0. The van der Waals surface area contributed by atoms with Crippen LogP contribution in [0, 0.1) is 27.7 Å². The molecule has 0 spiro atoms. The summed E-state index contributed by atoms with van der Waals surface area (Å²) in [7, 11) is 0. The van der Waals surface area contributed by atoms with Crippen LogP contribution in [0.3, 0.4) is 0 Å². The van der Waals surface area contributed by atoms with Gasteiger partial charge >= 0.3 is 0 Å². The van der Waals surface area contributed by atoms with Crippen LogP contribution in [0.4, 0.5) is 0 Å². The van der Waals surface area contributed by atoms with E-state index in [0.29, 0.717) is 17.0 Å². The fourth-order valence-electron chi connectivity index (χ4n) is 6.57. The average molecular weight is 702 g/mol. The third-order valence-electron chi connectivity index (χ3n) is 8.63. The molecule has 1 aromatic carbocycles. The van der Waals surface area contributed by atoms with E-state index in [2.05, 4.69) is 71.0 Å². The Morgan fingerprint density at radius 3 is 1.89 bits per heavy atom. The molecule has 0 aliphatic carbocycles. The molecule has 0 unspecified atom stereocenters. The van der Waals surface area contributed by atoms with E-state index in [0.717, 1.165) is 40.6 Å².